The van der Waals surface area contributed by atoms with Crippen LogP contribution in [0.15, 0.2) is 55.0 Å². The molecule has 0 radical (unpaired) electrons. The zero-order chi connectivity index (χ0) is 16.4. The summed E-state index contributed by atoms with van der Waals surface area (Å²) >= 11 is 0. The molecule has 0 aliphatic heterocycles. The molecule has 1 N–H and O–H groups in total. The Morgan fingerprint density at radius 3 is 2.71 bits per heavy atom. The number of anilines is 1. The summed E-state index contributed by atoms with van der Waals surface area (Å²) < 4.78 is 3.72. The number of para-hydroxylation sites is 1. The molecule has 0 fully saturated rings. The molecule has 7 heteroatoms. The van der Waals surface area contributed by atoms with Crippen LogP contribution in [0.3, 0.4) is 0 Å². The van der Waals surface area contributed by atoms with Gasteiger partial charge in [0.2, 0.25) is 0 Å². The first-order valence-corrected chi connectivity index (χ1v) is 7.80. The molecule has 0 spiro atoms. The van der Waals surface area contributed by atoms with Gasteiger partial charge >= 0.3 is 0 Å². The summed E-state index contributed by atoms with van der Waals surface area (Å²) in [7, 11) is 0. The molecule has 0 bridgehead atoms. The van der Waals surface area contributed by atoms with Crippen molar-refractivity contribution in [3.63, 3.8) is 0 Å². The number of rotatable bonds is 5. The van der Waals surface area contributed by atoms with Crippen LogP contribution in [0.4, 0.5) is 5.82 Å². The molecule has 120 valence electrons. The van der Waals surface area contributed by atoms with E-state index in [9.17, 15) is 0 Å². The average molecular weight is 319 g/mol. The van der Waals surface area contributed by atoms with Crippen LogP contribution in [0.1, 0.15) is 5.82 Å². The van der Waals surface area contributed by atoms with Gasteiger partial charge in [0.25, 0.3) is 0 Å². The van der Waals surface area contributed by atoms with Gasteiger partial charge in [0.05, 0.1) is 23.8 Å². The van der Waals surface area contributed by atoms with Crippen LogP contribution in [0.25, 0.3) is 16.7 Å². The van der Waals surface area contributed by atoms with Crippen LogP contribution in [0.2, 0.25) is 0 Å². The Morgan fingerprint density at radius 2 is 1.92 bits per heavy atom. The molecular formula is C17H17N7. The molecule has 24 heavy (non-hydrogen) atoms. The zero-order valence-corrected chi connectivity index (χ0v) is 13.3. The van der Waals surface area contributed by atoms with Crippen molar-refractivity contribution in [2.75, 3.05) is 11.9 Å². The van der Waals surface area contributed by atoms with E-state index >= 15 is 0 Å². The molecule has 0 amide bonds. The van der Waals surface area contributed by atoms with E-state index in [4.69, 9.17) is 0 Å². The standard InChI is InChI=1S/C17H17N7/c1-13-21-16(18-9-11-23-10-5-8-19-23)15-12-20-24(17(15)22-13)14-6-3-2-4-7-14/h2-8,10,12H,9,11H2,1H3,(H,18,21,22). The third-order valence-electron chi connectivity index (χ3n) is 3.73. The Morgan fingerprint density at radius 1 is 1.04 bits per heavy atom. The van der Waals surface area contributed by atoms with E-state index in [1.807, 2.05) is 58.9 Å². The van der Waals surface area contributed by atoms with E-state index < -0.39 is 0 Å². The Bertz CT molecular complexity index is 942. The SMILES string of the molecule is Cc1nc(NCCn2cccn2)c2cnn(-c3ccccc3)c2n1. The van der Waals surface area contributed by atoms with Gasteiger partial charge in [0, 0.05) is 18.9 Å². The van der Waals surface area contributed by atoms with E-state index in [1.54, 1.807) is 12.4 Å². The zero-order valence-electron chi connectivity index (χ0n) is 13.3. The summed E-state index contributed by atoms with van der Waals surface area (Å²) in [6.07, 6.45) is 5.52. The van der Waals surface area contributed by atoms with Crippen LogP contribution in [-0.2, 0) is 6.54 Å². The Kier molecular flexibility index (Phi) is 3.66. The number of fused-ring (bicyclic) bond motifs is 1. The lowest BCUT2D eigenvalue weighted by Crippen LogP contribution is -2.12. The third-order valence-corrected chi connectivity index (χ3v) is 3.73. The van der Waals surface area contributed by atoms with E-state index in [2.05, 4.69) is 25.5 Å². The maximum Gasteiger partial charge on any atom is 0.168 e. The fraction of sp³-hybridized carbons (Fsp3) is 0.176. The molecule has 0 atom stereocenters. The van der Waals surface area contributed by atoms with Gasteiger partial charge in [0.15, 0.2) is 5.65 Å². The maximum atomic E-state index is 4.56. The van der Waals surface area contributed by atoms with E-state index in [-0.39, 0.29) is 0 Å². The average Bonchev–Trinajstić information content (AvgIpc) is 3.25. The summed E-state index contributed by atoms with van der Waals surface area (Å²) in [5.74, 6) is 1.51. The van der Waals surface area contributed by atoms with Gasteiger partial charge in [-0.2, -0.15) is 10.2 Å². The van der Waals surface area contributed by atoms with E-state index in [0.29, 0.717) is 5.82 Å². The lowest BCUT2D eigenvalue weighted by molar-refractivity contribution is 0.637. The fourth-order valence-corrected chi connectivity index (χ4v) is 2.63. The van der Waals surface area contributed by atoms with Crippen molar-refractivity contribution >= 4 is 16.9 Å². The highest BCUT2D eigenvalue weighted by molar-refractivity contribution is 5.87. The normalized spacial score (nSPS) is 11.0. The topological polar surface area (TPSA) is 73.5 Å². The molecule has 0 aliphatic rings. The van der Waals surface area contributed by atoms with Crippen LogP contribution >= 0.6 is 0 Å². The number of benzene rings is 1. The van der Waals surface area contributed by atoms with Gasteiger partial charge in [-0.15, -0.1) is 0 Å². The van der Waals surface area contributed by atoms with Crippen LogP contribution in [0.5, 0.6) is 0 Å². The number of hydrogen-bond acceptors (Lipinski definition) is 5. The molecule has 1 aromatic carbocycles. The molecular weight excluding hydrogens is 302 g/mol. The Labute approximate surface area is 139 Å². The van der Waals surface area contributed by atoms with Gasteiger partial charge in [0.1, 0.15) is 11.6 Å². The number of aryl methyl sites for hydroxylation is 1. The van der Waals surface area contributed by atoms with Crippen molar-refractivity contribution in [3.8, 4) is 5.69 Å². The minimum Gasteiger partial charge on any atom is -0.367 e. The lowest BCUT2D eigenvalue weighted by Gasteiger charge is -2.08. The molecule has 4 rings (SSSR count). The van der Waals surface area contributed by atoms with Gasteiger partial charge in [-0.25, -0.2) is 14.6 Å². The number of hydrogen-bond donors (Lipinski definition) is 1. The van der Waals surface area contributed by atoms with Crippen molar-refractivity contribution in [1.29, 1.82) is 0 Å². The number of nitrogens with one attached hydrogen (secondary N) is 1. The van der Waals surface area contributed by atoms with Crippen molar-refractivity contribution in [2.45, 2.75) is 13.5 Å². The second-order valence-corrected chi connectivity index (χ2v) is 5.44. The highest BCUT2D eigenvalue weighted by Crippen LogP contribution is 2.22. The first-order valence-electron chi connectivity index (χ1n) is 7.80. The molecule has 0 saturated heterocycles. The van der Waals surface area contributed by atoms with E-state index in [1.165, 1.54) is 0 Å². The summed E-state index contributed by atoms with van der Waals surface area (Å²) in [5.41, 5.74) is 1.78. The smallest absolute Gasteiger partial charge is 0.168 e. The molecule has 4 aromatic rings. The minimum absolute atomic E-state index is 0.710. The minimum atomic E-state index is 0.710. The third kappa shape index (κ3) is 2.71. The Balaban J connectivity index is 1.65. The van der Waals surface area contributed by atoms with Gasteiger partial charge in [-0.05, 0) is 25.1 Å². The summed E-state index contributed by atoms with van der Waals surface area (Å²) in [6.45, 7) is 3.38. The van der Waals surface area contributed by atoms with Gasteiger partial charge in [-0.1, -0.05) is 18.2 Å². The first-order chi connectivity index (χ1) is 11.8. The molecule has 0 unspecified atom stereocenters. The Hall–Kier alpha value is -3.22. The number of nitrogens with zero attached hydrogens (tertiary/aromatic N) is 6. The molecule has 3 heterocycles. The fourth-order valence-electron chi connectivity index (χ4n) is 2.63. The van der Waals surface area contributed by atoms with Crippen molar-refractivity contribution < 1.29 is 0 Å². The van der Waals surface area contributed by atoms with Crippen molar-refractivity contribution in [2.24, 2.45) is 0 Å². The second kappa shape index (κ2) is 6.11. The quantitative estimate of drug-likeness (QED) is 0.611. The molecule has 0 aliphatic carbocycles. The maximum absolute atomic E-state index is 4.56. The molecule has 7 nitrogen and oxygen atoms in total. The van der Waals surface area contributed by atoms with Crippen LogP contribution in [-0.4, -0.2) is 36.1 Å². The predicted octanol–water partition coefficient (Wildman–Crippen LogP) is 2.43. The van der Waals surface area contributed by atoms with Crippen molar-refractivity contribution in [3.05, 3.63) is 60.8 Å². The summed E-state index contributed by atoms with van der Waals surface area (Å²) in [4.78, 5) is 9.08. The van der Waals surface area contributed by atoms with Gasteiger partial charge in [-0.3, -0.25) is 4.68 Å². The highest BCUT2D eigenvalue weighted by Gasteiger charge is 2.12. The van der Waals surface area contributed by atoms with E-state index in [0.717, 1.165) is 35.6 Å². The highest BCUT2D eigenvalue weighted by atomic mass is 15.3. The van der Waals surface area contributed by atoms with Crippen LogP contribution in [0, 0.1) is 6.92 Å². The lowest BCUT2D eigenvalue weighted by atomic mass is 10.3. The van der Waals surface area contributed by atoms with Gasteiger partial charge < -0.3 is 5.32 Å². The van der Waals surface area contributed by atoms with Crippen LogP contribution < -0.4 is 5.32 Å². The summed E-state index contributed by atoms with van der Waals surface area (Å²) in [6, 6.07) is 11.9. The summed E-state index contributed by atoms with van der Waals surface area (Å²) in [5, 5.41) is 13.0. The number of aromatic nitrogens is 6. The van der Waals surface area contributed by atoms with Crippen molar-refractivity contribution in [1.82, 2.24) is 29.5 Å². The predicted molar refractivity (Wildman–Crippen MR) is 92.1 cm³/mol. The molecule has 3 aromatic heterocycles. The largest absolute Gasteiger partial charge is 0.367 e. The first kappa shape index (κ1) is 14.4. The monoisotopic (exact) mass is 319 g/mol. The second-order valence-electron chi connectivity index (χ2n) is 5.44. The molecule has 0 saturated carbocycles.